The summed E-state index contributed by atoms with van der Waals surface area (Å²) in [6.07, 6.45) is 2.58. The summed E-state index contributed by atoms with van der Waals surface area (Å²) in [6, 6.07) is 50.8. The number of nitrogens with two attached hydrogens (primary N) is 2. The lowest BCUT2D eigenvalue weighted by Gasteiger charge is -2.36. The molecule has 5 N–H and O–H groups in total. The van der Waals surface area contributed by atoms with Crippen LogP contribution in [0, 0.1) is 85.4 Å². The highest BCUT2D eigenvalue weighted by atomic mass is 127. The average molecular weight is 2410 g/mol. The minimum atomic E-state index is -1.49. The largest absolute Gasteiger partial charge is 0.417 e. The number of nitrogens with one attached hydrogen (secondary N) is 1. The van der Waals surface area contributed by atoms with Gasteiger partial charge in [-0.3, -0.25) is 10.2 Å². The van der Waals surface area contributed by atoms with Crippen LogP contribution in [0.4, 0.5) is 43.4 Å². The predicted octanol–water partition coefficient (Wildman–Crippen LogP) is 30.9. The van der Waals surface area contributed by atoms with E-state index in [1.807, 2.05) is 127 Å². The molecule has 2 aliphatic rings. The second kappa shape index (κ2) is 51.0. The molecule has 114 heavy (non-hydrogen) atoms. The van der Waals surface area contributed by atoms with Gasteiger partial charge in [-0.05, 0) is 292 Å². The van der Waals surface area contributed by atoms with Crippen molar-refractivity contribution in [3.8, 4) is 0 Å². The van der Waals surface area contributed by atoms with Crippen LogP contribution in [0.3, 0.4) is 0 Å². The molecule has 0 atom stereocenters. The number of ether oxygens (including phenoxy) is 4. The molecule has 0 spiro atoms. The number of aldehydes is 1. The van der Waals surface area contributed by atoms with Crippen molar-refractivity contribution in [2.24, 2.45) is 4.99 Å². The van der Waals surface area contributed by atoms with Gasteiger partial charge in [0.05, 0.1) is 49.2 Å². The Morgan fingerprint density at radius 1 is 0.518 bits per heavy atom. The number of hydrogen-bond donors (Lipinski definition) is 3. The third-order valence-corrected chi connectivity index (χ3v) is 32.0. The van der Waals surface area contributed by atoms with Crippen molar-refractivity contribution < 1.29 is 54.5 Å². The number of carbonyl (C=O) groups excluding carboxylic acids is 1. The highest BCUT2D eigenvalue weighted by Crippen LogP contribution is 2.43. The minimum Gasteiger partial charge on any atom is -0.417 e. The molecule has 10 aromatic carbocycles. The van der Waals surface area contributed by atoms with E-state index >= 15 is 0 Å². The Morgan fingerprint density at radius 3 is 1.30 bits per heavy atom. The average Bonchev–Trinajstić information content (AvgIpc) is 1.27. The first-order valence-corrected chi connectivity index (χ1v) is 49.3. The van der Waals surface area contributed by atoms with Crippen LogP contribution in [-0.2, 0) is 23.4 Å². The van der Waals surface area contributed by atoms with E-state index in [1.54, 1.807) is 53.7 Å². The number of aryl methyl sites for hydroxylation is 1. The lowest BCUT2D eigenvalue weighted by molar-refractivity contribution is -0.0453. The molecule has 2 fully saturated rings. The maximum Gasteiger partial charge on any atom is 0.191 e. The first kappa shape index (κ1) is 103. The van der Waals surface area contributed by atoms with Crippen LogP contribution < -0.4 is 11.5 Å². The molecule has 0 bridgehead atoms. The smallest absolute Gasteiger partial charge is 0.191 e. The Kier molecular flexibility index (Phi) is 45.9. The van der Waals surface area contributed by atoms with Gasteiger partial charge in [-0.25, -0.2) is 31.3 Å². The molecule has 2 heterocycles. The van der Waals surface area contributed by atoms with E-state index in [2.05, 4.69) is 235 Å². The zero-order chi connectivity index (χ0) is 85.5. The number of nitrogens with zero attached hydrogens (tertiary/aromatic N) is 1. The van der Waals surface area contributed by atoms with Gasteiger partial charge in [0.25, 0.3) is 0 Å². The third-order valence-electron chi connectivity index (χ3n) is 17.2. The Balaban J connectivity index is 0.000000282. The van der Waals surface area contributed by atoms with E-state index in [9.17, 15) is 31.1 Å². The van der Waals surface area contributed by atoms with Crippen molar-refractivity contribution in [1.29, 1.82) is 5.41 Å². The van der Waals surface area contributed by atoms with E-state index in [1.165, 1.54) is 36.4 Å². The van der Waals surface area contributed by atoms with Gasteiger partial charge in [0, 0.05) is 129 Å². The number of aliphatic imine (C=N–C) groups is 1. The van der Waals surface area contributed by atoms with E-state index in [4.69, 9.17) is 45.2 Å². The summed E-state index contributed by atoms with van der Waals surface area (Å²) in [5, 5.41) is 8.30. The molecule has 0 amide bonds. The first-order chi connectivity index (χ1) is 53.8. The number of nitrogen functional groups attached to an aromatic ring is 2. The summed E-state index contributed by atoms with van der Waals surface area (Å²) < 4.78 is 114. The number of benzene rings is 10. The Bertz CT molecular complexity index is 4670. The standard InChI is InChI=1S/C23H19BrFNO2.C13H11N.C10H9Br2FO2.C10H22OSi.C8H5Br2FO.C7H4Br2FI.C7H6Br2FN.C7H8FN.Br2/c1-15-18(25)14-19(20(21(15)24)23-27-12-13-28-23)26-22(16-8-4-2-5-9-16)17-10-6-3-7-11-17;14-13(11-7-3-1-4-8-11)12-9-5-2-6-10-12;1-5-7(13)4-6(11)8(9(5)12)10-14-2-3-15-10;1-7-8-9-11-12(5,6)10(2,3)4;1-4-7(11)2-6(9)5(3-12)8(4)10;2*1-3-5(10)2-4(8)7(11)6(3)9;1-5-4-6(9)2-3-7(5)8;1-2/h2-11,14,23H,12-13H2,1H3;1-10,14H;4,10H,2-3H2,1H3;7H,1,8-9H2,2-6H3;2-3H,1H3;2H,1H3;2H,11H2,1H3;2-4H,9H2,1H3;. The molecule has 2 aliphatic heterocycles. The van der Waals surface area contributed by atoms with Gasteiger partial charge in [0.2, 0.25) is 0 Å². The van der Waals surface area contributed by atoms with Gasteiger partial charge in [-0.1, -0.05) is 164 Å². The summed E-state index contributed by atoms with van der Waals surface area (Å²) in [6.45, 7) is 28.1. The third kappa shape index (κ3) is 31.0. The number of halogens is 18. The van der Waals surface area contributed by atoms with Gasteiger partial charge in [-0.15, -0.1) is 6.58 Å². The first-order valence-electron chi connectivity index (χ1n) is 34.5. The lowest BCUT2D eigenvalue weighted by Crippen LogP contribution is -2.40. The maximum absolute atomic E-state index is 14.6. The molecule has 0 aromatic heterocycles. The topological polar surface area (TPSA) is 151 Å². The van der Waals surface area contributed by atoms with Gasteiger partial charge in [0.15, 0.2) is 27.2 Å². The van der Waals surface area contributed by atoms with Crippen LogP contribution in [0.5, 0.6) is 0 Å². The summed E-state index contributed by atoms with van der Waals surface area (Å²) in [5.41, 5.74) is 23.0. The van der Waals surface area contributed by atoms with E-state index in [0.717, 1.165) is 59.1 Å². The fourth-order valence-corrected chi connectivity index (χ4v) is 16.5. The lowest BCUT2D eigenvalue weighted by atomic mass is 10.0. The summed E-state index contributed by atoms with van der Waals surface area (Å²) in [5.74, 6) is -1.57. The molecular weight excluding hydrogens is 2320 g/mol. The molecule has 0 unspecified atom stereocenters. The molecule has 12 rings (SSSR count). The quantitative estimate of drug-likeness (QED) is 0.0104. The summed E-state index contributed by atoms with van der Waals surface area (Å²) in [4.78, 5) is 15.4. The van der Waals surface area contributed by atoms with Crippen molar-refractivity contribution >= 4 is 237 Å². The molecule has 0 aliphatic carbocycles. The maximum atomic E-state index is 14.6. The highest BCUT2D eigenvalue weighted by Gasteiger charge is 2.37. The molecule has 2 saturated heterocycles. The molecule has 610 valence electrons. The van der Waals surface area contributed by atoms with Crippen molar-refractivity contribution in [2.45, 2.75) is 99.4 Å². The normalized spacial score (nSPS) is 12.2. The second-order valence-corrected chi connectivity index (χ2v) is 39.4. The number of anilines is 2. The fourth-order valence-electron chi connectivity index (χ4n) is 9.47. The van der Waals surface area contributed by atoms with Gasteiger partial charge >= 0.3 is 0 Å². The van der Waals surface area contributed by atoms with Crippen molar-refractivity contribution in [3.05, 3.63) is 334 Å². The second-order valence-electron chi connectivity index (χ2n) is 26.2. The van der Waals surface area contributed by atoms with Crippen LogP contribution in [0.1, 0.15) is 117 Å². The van der Waals surface area contributed by atoms with Crippen LogP contribution in [-0.4, -0.2) is 59.1 Å². The van der Waals surface area contributed by atoms with Gasteiger partial charge in [-0.2, -0.15) is 0 Å². The highest BCUT2D eigenvalue weighted by molar-refractivity contribution is 14.1. The van der Waals surface area contributed by atoms with Gasteiger partial charge < -0.3 is 34.8 Å². The number of rotatable bonds is 12. The van der Waals surface area contributed by atoms with Gasteiger partial charge in [0.1, 0.15) is 34.9 Å². The Hall–Kier alpha value is -3.84. The molecule has 0 radical (unpaired) electrons. The molecule has 10 aromatic rings. The van der Waals surface area contributed by atoms with E-state index < -0.39 is 20.9 Å². The summed E-state index contributed by atoms with van der Waals surface area (Å²) in [7, 11) is -1.49. The monoisotopic (exact) mass is 2390 g/mol. The van der Waals surface area contributed by atoms with Crippen molar-refractivity contribution in [2.75, 3.05) is 44.5 Å². The van der Waals surface area contributed by atoms with Crippen molar-refractivity contribution in [3.63, 3.8) is 0 Å². The molecular formula is C85H84Br11F6IN4O6Si. The zero-order valence-electron chi connectivity index (χ0n) is 63.8. The molecule has 29 heteroatoms. The van der Waals surface area contributed by atoms with E-state index in [-0.39, 0.29) is 34.9 Å². The van der Waals surface area contributed by atoms with Crippen LogP contribution in [0.25, 0.3) is 0 Å². The molecule has 10 nitrogen and oxygen atoms in total. The minimum absolute atomic E-state index is 0.191. The SMILES string of the molecule is BrBr.C=CCCO[Si](C)(C)C(C)(C)C.Cc1c(F)cc(Br)c(C2OCCO2)c1Br.Cc1c(F)cc(Br)c(C=O)c1Br.Cc1c(F)cc(Br)c(I)c1Br.Cc1c(F)cc(Br)c(N)c1Br.Cc1c(F)cc(N=C(c2ccccc2)c2ccccc2)c(C2OCCO2)c1Br.Cc1cc(N)ccc1F.N=C(c1ccccc1)c1ccccc1. The van der Waals surface area contributed by atoms with E-state index in [0.29, 0.717) is 136 Å². The van der Waals surface area contributed by atoms with Crippen molar-refractivity contribution in [1.82, 2.24) is 0 Å². The van der Waals surface area contributed by atoms with Crippen LogP contribution in [0.15, 0.2) is 228 Å². The van der Waals surface area contributed by atoms with Crippen LogP contribution in [0.2, 0.25) is 18.1 Å². The summed E-state index contributed by atoms with van der Waals surface area (Å²) >= 11 is 37.0. The Labute approximate surface area is 770 Å². The predicted molar refractivity (Wildman–Crippen MR) is 505 cm³/mol. The fraction of sp³-hybridized carbons (Fsp3) is 0.235. The number of carbonyl (C=O) groups is 1. The zero-order valence-corrected chi connectivity index (χ0v) is 84.4. The number of hydrogen-bond acceptors (Lipinski definition) is 10. The molecule has 0 saturated carbocycles. The van der Waals surface area contributed by atoms with Crippen LogP contribution >= 0.6 is 194 Å². The Morgan fingerprint density at radius 2 is 0.886 bits per heavy atom.